The lowest BCUT2D eigenvalue weighted by molar-refractivity contribution is -0.0907. The molecular formula is C8H16O3. The second-order valence-corrected chi connectivity index (χ2v) is 2.59. The molecule has 0 aliphatic carbocycles. The van der Waals surface area contributed by atoms with E-state index >= 15 is 0 Å². The average molecular weight is 160 g/mol. The number of rotatable bonds is 0. The van der Waals surface area contributed by atoms with Gasteiger partial charge >= 0.3 is 0 Å². The van der Waals surface area contributed by atoms with E-state index in [1.54, 1.807) is 0 Å². The highest BCUT2D eigenvalue weighted by atomic mass is 16.7. The number of hydrogen-bond donors (Lipinski definition) is 1. The van der Waals surface area contributed by atoms with Gasteiger partial charge in [-0.3, -0.25) is 0 Å². The summed E-state index contributed by atoms with van der Waals surface area (Å²) >= 11 is 0. The van der Waals surface area contributed by atoms with Gasteiger partial charge in [-0.05, 0) is 6.42 Å². The monoisotopic (exact) mass is 160 g/mol. The molecule has 0 aromatic heterocycles. The van der Waals surface area contributed by atoms with Crippen molar-refractivity contribution in [2.75, 3.05) is 13.2 Å². The Morgan fingerprint density at radius 1 is 1.27 bits per heavy atom. The molecule has 1 N–H and O–H groups in total. The smallest absolute Gasteiger partial charge is 0.163 e. The minimum atomic E-state index is -0.280. The first-order valence-electron chi connectivity index (χ1n) is 4.29. The lowest BCUT2D eigenvalue weighted by Crippen LogP contribution is -2.18. The van der Waals surface area contributed by atoms with Crippen LogP contribution in [0.2, 0.25) is 0 Å². The molecule has 2 aliphatic rings. The van der Waals surface area contributed by atoms with Gasteiger partial charge < -0.3 is 14.6 Å². The van der Waals surface area contributed by atoms with Crippen LogP contribution in [0.1, 0.15) is 20.3 Å². The first kappa shape index (κ1) is 8.97. The highest BCUT2D eigenvalue weighted by molar-refractivity contribution is 4.81. The summed E-state index contributed by atoms with van der Waals surface area (Å²) in [4.78, 5) is 0. The summed E-state index contributed by atoms with van der Waals surface area (Å²) in [6, 6.07) is 0. The van der Waals surface area contributed by atoms with Crippen molar-refractivity contribution in [3.8, 4) is 0 Å². The first-order valence-corrected chi connectivity index (χ1v) is 4.29. The van der Waals surface area contributed by atoms with Crippen LogP contribution < -0.4 is 0 Å². The van der Waals surface area contributed by atoms with Crippen LogP contribution >= 0.6 is 0 Å². The molecule has 0 aromatic carbocycles. The Morgan fingerprint density at radius 2 is 2.00 bits per heavy atom. The Balaban J connectivity index is 0.000000281. The van der Waals surface area contributed by atoms with E-state index in [0.717, 1.165) is 13.0 Å². The summed E-state index contributed by atoms with van der Waals surface area (Å²) in [5, 5.41) is 9.19. The molecule has 3 atom stereocenters. The van der Waals surface area contributed by atoms with E-state index in [2.05, 4.69) is 0 Å². The third-order valence-corrected chi connectivity index (χ3v) is 2.01. The van der Waals surface area contributed by atoms with Gasteiger partial charge in [0.25, 0.3) is 0 Å². The highest BCUT2D eigenvalue weighted by Crippen LogP contribution is 2.30. The Kier molecular flexibility index (Phi) is 3.30. The average Bonchev–Trinajstić information content (AvgIpc) is 2.60. The Labute approximate surface area is 67.3 Å². The standard InChI is InChI=1S/C6H10O3.C2H6/c7-5-3-9-6-4(5)1-2-8-6;1-2/h4-7H,1-3H2;1-2H3. The molecular weight excluding hydrogens is 144 g/mol. The van der Waals surface area contributed by atoms with Crippen molar-refractivity contribution in [3.05, 3.63) is 0 Å². The number of ether oxygens (including phenoxy) is 2. The summed E-state index contributed by atoms with van der Waals surface area (Å²) in [5.74, 6) is 0.255. The van der Waals surface area contributed by atoms with Gasteiger partial charge in [-0.1, -0.05) is 13.8 Å². The fourth-order valence-corrected chi connectivity index (χ4v) is 1.44. The van der Waals surface area contributed by atoms with Crippen LogP contribution in [0.5, 0.6) is 0 Å². The third kappa shape index (κ3) is 1.72. The Hall–Kier alpha value is -0.120. The van der Waals surface area contributed by atoms with Crippen LogP contribution in [-0.2, 0) is 9.47 Å². The van der Waals surface area contributed by atoms with Gasteiger partial charge in [0.2, 0.25) is 0 Å². The predicted molar refractivity (Wildman–Crippen MR) is 41.2 cm³/mol. The van der Waals surface area contributed by atoms with E-state index in [9.17, 15) is 5.11 Å². The molecule has 2 saturated heterocycles. The van der Waals surface area contributed by atoms with Crippen LogP contribution in [0.25, 0.3) is 0 Å². The van der Waals surface area contributed by atoms with Gasteiger partial charge in [-0.15, -0.1) is 0 Å². The number of aliphatic hydroxyl groups is 1. The second-order valence-electron chi connectivity index (χ2n) is 2.59. The maximum Gasteiger partial charge on any atom is 0.163 e. The summed E-state index contributed by atoms with van der Waals surface area (Å²) in [7, 11) is 0. The third-order valence-electron chi connectivity index (χ3n) is 2.01. The van der Waals surface area contributed by atoms with Crippen molar-refractivity contribution < 1.29 is 14.6 Å². The van der Waals surface area contributed by atoms with Crippen LogP contribution in [0.3, 0.4) is 0 Å². The van der Waals surface area contributed by atoms with Gasteiger partial charge in [-0.25, -0.2) is 0 Å². The number of hydrogen-bond acceptors (Lipinski definition) is 3. The molecule has 2 rings (SSSR count). The van der Waals surface area contributed by atoms with Crippen LogP contribution in [0.15, 0.2) is 0 Å². The van der Waals surface area contributed by atoms with Crippen molar-refractivity contribution in [2.45, 2.75) is 32.7 Å². The normalized spacial score (nSPS) is 41.2. The van der Waals surface area contributed by atoms with Crippen molar-refractivity contribution >= 4 is 0 Å². The second kappa shape index (κ2) is 4.04. The molecule has 2 aliphatic heterocycles. The molecule has 2 fully saturated rings. The van der Waals surface area contributed by atoms with Crippen molar-refractivity contribution in [3.63, 3.8) is 0 Å². The van der Waals surface area contributed by atoms with Gasteiger partial charge in [0.1, 0.15) is 0 Å². The summed E-state index contributed by atoms with van der Waals surface area (Å²) in [5.41, 5.74) is 0. The van der Waals surface area contributed by atoms with Crippen molar-refractivity contribution in [2.24, 2.45) is 5.92 Å². The summed E-state index contributed by atoms with van der Waals surface area (Å²) < 4.78 is 10.3. The van der Waals surface area contributed by atoms with Crippen LogP contribution in [0.4, 0.5) is 0 Å². The van der Waals surface area contributed by atoms with Gasteiger partial charge in [0, 0.05) is 5.92 Å². The van der Waals surface area contributed by atoms with Crippen LogP contribution in [-0.4, -0.2) is 30.7 Å². The minimum absolute atomic E-state index is 0.0972. The Bertz CT molecular complexity index is 116. The zero-order valence-electron chi connectivity index (χ0n) is 7.12. The van der Waals surface area contributed by atoms with Crippen molar-refractivity contribution in [1.82, 2.24) is 0 Å². The minimum Gasteiger partial charge on any atom is -0.390 e. The number of fused-ring (bicyclic) bond motifs is 1. The Morgan fingerprint density at radius 3 is 2.64 bits per heavy atom. The molecule has 0 spiro atoms. The molecule has 3 unspecified atom stereocenters. The SMILES string of the molecule is CC.OC1COC2OCCC12. The molecule has 2 heterocycles. The first-order chi connectivity index (χ1) is 5.38. The summed E-state index contributed by atoms with van der Waals surface area (Å²) in [6.07, 6.45) is 0.573. The van der Waals surface area contributed by atoms with Crippen LogP contribution in [0, 0.1) is 5.92 Å². The molecule has 0 amide bonds. The van der Waals surface area contributed by atoms with Gasteiger partial charge in [0.15, 0.2) is 6.29 Å². The van der Waals surface area contributed by atoms with E-state index in [0.29, 0.717) is 6.61 Å². The highest BCUT2D eigenvalue weighted by Gasteiger charge is 2.40. The van der Waals surface area contributed by atoms with E-state index in [4.69, 9.17) is 9.47 Å². The lowest BCUT2D eigenvalue weighted by Gasteiger charge is -2.06. The maximum absolute atomic E-state index is 9.19. The molecule has 0 saturated carbocycles. The maximum atomic E-state index is 9.19. The molecule has 3 heteroatoms. The topological polar surface area (TPSA) is 38.7 Å². The van der Waals surface area contributed by atoms with Gasteiger partial charge in [0.05, 0.1) is 19.3 Å². The quantitative estimate of drug-likeness (QED) is 0.568. The zero-order chi connectivity index (χ0) is 8.27. The summed E-state index contributed by atoms with van der Waals surface area (Å²) in [6.45, 7) is 5.20. The molecule has 0 aromatic rings. The molecule has 3 nitrogen and oxygen atoms in total. The van der Waals surface area contributed by atoms with Crippen molar-refractivity contribution in [1.29, 1.82) is 0 Å². The van der Waals surface area contributed by atoms with Gasteiger partial charge in [-0.2, -0.15) is 0 Å². The largest absolute Gasteiger partial charge is 0.390 e. The lowest BCUT2D eigenvalue weighted by atomic mass is 10.0. The molecule has 0 bridgehead atoms. The van der Waals surface area contributed by atoms with E-state index in [1.165, 1.54) is 0 Å². The van der Waals surface area contributed by atoms with E-state index < -0.39 is 0 Å². The fourth-order valence-electron chi connectivity index (χ4n) is 1.44. The van der Waals surface area contributed by atoms with E-state index in [-0.39, 0.29) is 18.3 Å². The zero-order valence-corrected chi connectivity index (χ0v) is 7.12. The number of aliphatic hydroxyl groups excluding tert-OH is 1. The molecule has 11 heavy (non-hydrogen) atoms. The molecule has 0 radical (unpaired) electrons. The molecule has 66 valence electrons. The van der Waals surface area contributed by atoms with E-state index in [1.807, 2.05) is 13.8 Å². The predicted octanol–water partition coefficient (Wildman–Crippen LogP) is 0.766. The fraction of sp³-hybridized carbons (Fsp3) is 1.00.